The number of aliphatic hydroxyl groups excluding tert-OH is 5. The first-order chi connectivity index (χ1) is 14.1. The molecule has 1 aromatic heterocycles. The van der Waals surface area contributed by atoms with Crippen LogP contribution in [0.25, 0.3) is 11.0 Å². The van der Waals surface area contributed by atoms with E-state index in [1.54, 1.807) is 26.0 Å². The van der Waals surface area contributed by atoms with Crippen LogP contribution in [0, 0.1) is 0 Å². The van der Waals surface area contributed by atoms with E-state index in [1.165, 1.54) is 12.1 Å². The van der Waals surface area contributed by atoms with Crippen LogP contribution in [0.5, 0.6) is 5.75 Å². The Balaban J connectivity index is 1.58. The lowest BCUT2D eigenvalue weighted by Crippen LogP contribution is -2.61. The summed E-state index contributed by atoms with van der Waals surface area (Å²) in [6, 6.07) is 6.03. The quantitative estimate of drug-likeness (QED) is 0.393. The van der Waals surface area contributed by atoms with Gasteiger partial charge < -0.3 is 44.2 Å². The molecule has 0 unspecified atom stereocenters. The first-order valence-electron chi connectivity index (χ1n) is 9.53. The molecule has 5 N–H and O–H groups in total. The second-order valence-corrected chi connectivity index (χ2v) is 8.08. The second kappa shape index (κ2) is 7.57. The number of benzene rings is 1. The Labute approximate surface area is 170 Å². The van der Waals surface area contributed by atoms with Crippen molar-refractivity contribution in [2.45, 2.75) is 62.4 Å². The molecule has 0 aliphatic carbocycles. The molecule has 2 aliphatic rings. The van der Waals surface area contributed by atoms with E-state index in [-0.39, 0.29) is 0 Å². The number of hydrogen-bond donors (Lipinski definition) is 5. The fourth-order valence-corrected chi connectivity index (χ4v) is 3.87. The highest BCUT2D eigenvalue weighted by Gasteiger charge is 2.50. The van der Waals surface area contributed by atoms with Gasteiger partial charge in [0.25, 0.3) is 0 Å². The second-order valence-electron chi connectivity index (χ2n) is 8.08. The van der Waals surface area contributed by atoms with E-state index in [2.05, 4.69) is 0 Å². The van der Waals surface area contributed by atoms with Gasteiger partial charge in [-0.15, -0.1) is 0 Å². The van der Waals surface area contributed by atoms with Crippen LogP contribution in [0.4, 0.5) is 0 Å². The Bertz CT molecular complexity index is 983. The molecule has 1 saturated heterocycles. The predicted octanol–water partition coefficient (Wildman–Crippen LogP) is -0.818. The van der Waals surface area contributed by atoms with Gasteiger partial charge in [0.2, 0.25) is 0 Å². The van der Waals surface area contributed by atoms with Crippen LogP contribution in [0.2, 0.25) is 0 Å². The van der Waals surface area contributed by atoms with Crippen molar-refractivity contribution >= 4 is 11.0 Å². The minimum Gasteiger partial charge on any atom is -0.484 e. The standard InChI is InChI=1S/C20H24O10/c1-20(2,30-19-17(26)16(25)15(24)12(7-21)29-19)18-14(23)9-5-8-3-4-13(22)27-10(8)6-11(9)28-18/h3-6,12,14-19,21,23-26H,7H2,1-2H3/t12-,14-,15-,16+,17-,18+,19+/m0/s1. The molecule has 0 spiro atoms. The molecule has 30 heavy (non-hydrogen) atoms. The summed E-state index contributed by atoms with van der Waals surface area (Å²) in [5, 5.41) is 50.9. The van der Waals surface area contributed by atoms with Crippen LogP contribution in [0.1, 0.15) is 25.5 Å². The fraction of sp³-hybridized carbons (Fsp3) is 0.550. The number of rotatable bonds is 4. The normalized spacial score (nSPS) is 34.0. The minimum atomic E-state index is -1.59. The highest BCUT2D eigenvalue weighted by atomic mass is 16.7. The summed E-state index contributed by atoms with van der Waals surface area (Å²) in [6.07, 6.45) is -9.21. The molecule has 0 radical (unpaired) electrons. The average molecular weight is 424 g/mol. The van der Waals surface area contributed by atoms with Crippen LogP contribution in [-0.2, 0) is 9.47 Å². The van der Waals surface area contributed by atoms with E-state index in [0.717, 1.165) is 0 Å². The molecule has 2 aromatic rings. The molecule has 164 valence electrons. The van der Waals surface area contributed by atoms with E-state index < -0.39 is 60.7 Å². The molecule has 10 nitrogen and oxygen atoms in total. The lowest BCUT2D eigenvalue weighted by molar-refractivity contribution is -0.332. The lowest BCUT2D eigenvalue weighted by atomic mass is 9.93. The monoisotopic (exact) mass is 424 g/mol. The minimum absolute atomic E-state index is 0.307. The number of aliphatic hydroxyl groups is 5. The summed E-state index contributed by atoms with van der Waals surface area (Å²) < 4.78 is 22.2. The molecule has 1 fully saturated rings. The van der Waals surface area contributed by atoms with Crippen molar-refractivity contribution in [2.24, 2.45) is 0 Å². The predicted molar refractivity (Wildman–Crippen MR) is 101 cm³/mol. The topological polar surface area (TPSA) is 159 Å². The largest absolute Gasteiger partial charge is 0.484 e. The number of fused-ring (bicyclic) bond motifs is 2. The van der Waals surface area contributed by atoms with Crippen molar-refractivity contribution in [2.75, 3.05) is 6.61 Å². The first kappa shape index (κ1) is 21.2. The maximum atomic E-state index is 11.5. The molecule has 1 aromatic carbocycles. The Morgan fingerprint density at radius 2 is 1.80 bits per heavy atom. The molecule has 0 bridgehead atoms. The number of ether oxygens (including phenoxy) is 3. The van der Waals surface area contributed by atoms with Gasteiger partial charge in [0.15, 0.2) is 12.4 Å². The van der Waals surface area contributed by atoms with Gasteiger partial charge in [0.1, 0.15) is 47.5 Å². The molecule has 0 amide bonds. The van der Waals surface area contributed by atoms with Crippen molar-refractivity contribution in [1.82, 2.24) is 0 Å². The molecule has 10 heteroatoms. The summed E-state index contributed by atoms with van der Waals surface area (Å²) in [7, 11) is 0. The van der Waals surface area contributed by atoms with Crippen molar-refractivity contribution in [3.05, 3.63) is 40.2 Å². The summed E-state index contributed by atoms with van der Waals surface area (Å²) >= 11 is 0. The molecule has 4 rings (SSSR count). The molecule has 7 atom stereocenters. The van der Waals surface area contributed by atoms with Gasteiger partial charge in [-0.25, -0.2) is 4.79 Å². The SMILES string of the molecule is CC(C)(O[C@H]1O[C@@H](CO)[C@H](O)[C@@H](O)[C@@H]1O)[C@@H]1Oc2cc3oc(=O)ccc3cc2[C@@H]1O. The molecular formula is C20H24O10. The summed E-state index contributed by atoms with van der Waals surface area (Å²) in [4.78, 5) is 11.5. The average Bonchev–Trinajstić information content (AvgIpc) is 3.03. The Morgan fingerprint density at radius 3 is 2.50 bits per heavy atom. The Kier molecular flexibility index (Phi) is 5.35. The van der Waals surface area contributed by atoms with Crippen molar-refractivity contribution < 1.29 is 44.2 Å². The zero-order chi connectivity index (χ0) is 21.8. The summed E-state index contributed by atoms with van der Waals surface area (Å²) in [6.45, 7) is 2.62. The Hall–Kier alpha value is -2.05. The summed E-state index contributed by atoms with van der Waals surface area (Å²) in [5.74, 6) is 0.319. The third-order valence-corrected chi connectivity index (χ3v) is 5.56. The zero-order valence-corrected chi connectivity index (χ0v) is 16.3. The third kappa shape index (κ3) is 3.50. The van der Waals surface area contributed by atoms with E-state index in [4.69, 9.17) is 18.6 Å². The van der Waals surface area contributed by atoms with Crippen LogP contribution in [-0.4, -0.2) is 74.6 Å². The van der Waals surface area contributed by atoms with Crippen LogP contribution in [0.15, 0.2) is 33.5 Å². The molecule has 0 saturated carbocycles. The smallest absolute Gasteiger partial charge is 0.336 e. The third-order valence-electron chi connectivity index (χ3n) is 5.56. The van der Waals surface area contributed by atoms with Crippen molar-refractivity contribution in [3.63, 3.8) is 0 Å². The van der Waals surface area contributed by atoms with Gasteiger partial charge in [0.05, 0.1) is 6.61 Å². The number of hydrogen-bond acceptors (Lipinski definition) is 10. The maximum absolute atomic E-state index is 11.5. The molecule has 2 aliphatic heterocycles. The maximum Gasteiger partial charge on any atom is 0.336 e. The molecule has 3 heterocycles. The fourth-order valence-electron chi connectivity index (χ4n) is 3.87. The van der Waals surface area contributed by atoms with Gasteiger partial charge in [-0.05, 0) is 26.0 Å². The Morgan fingerprint density at radius 1 is 1.07 bits per heavy atom. The van der Waals surface area contributed by atoms with E-state index in [1.807, 2.05) is 0 Å². The van der Waals surface area contributed by atoms with E-state index in [9.17, 15) is 30.3 Å². The highest BCUT2D eigenvalue weighted by molar-refractivity contribution is 5.80. The van der Waals surface area contributed by atoms with E-state index >= 15 is 0 Å². The van der Waals surface area contributed by atoms with Gasteiger partial charge in [-0.2, -0.15) is 0 Å². The van der Waals surface area contributed by atoms with Crippen molar-refractivity contribution in [3.8, 4) is 5.75 Å². The van der Waals surface area contributed by atoms with Gasteiger partial charge in [-0.3, -0.25) is 0 Å². The van der Waals surface area contributed by atoms with Crippen molar-refractivity contribution in [1.29, 1.82) is 0 Å². The lowest BCUT2D eigenvalue weighted by Gasteiger charge is -2.44. The van der Waals surface area contributed by atoms with Crippen LogP contribution >= 0.6 is 0 Å². The summed E-state index contributed by atoms with van der Waals surface area (Å²) in [5.41, 5.74) is -0.962. The first-order valence-corrected chi connectivity index (χ1v) is 9.53. The van der Waals surface area contributed by atoms with Gasteiger partial charge in [0, 0.05) is 23.1 Å². The zero-order valence-electron chi connectivity index (χ0n) is 16.3. The highest BCUT2D eigenvalue weighted by Crippen LogP contribution is 2.44. The van der Waals surface area contributed by atoms with E-state index in [0.29, 0.717) is 22.3 Å². The van der Waals surface area contributed by atoms with Gasteiger partial charge in [-0.1, -0.05) is 0 Å². The van der Waals surface area contributed by atoms with Crippen LogP contribution < -0.4 is 10.4 Å². The van der Waals surface area contributed by atoms with Crippen LogP contribution in [0.3, 0.4) is 0 Å². The molecular weight excluding hydrogens is 400 g/mol. The van der Waals surface area contributed by atoms with Gasteiger partial charge >= 0.3 is 5.63 Å².